The molecule has 1 N–H and O–H groups in total. The Morgan fingerprint density at radius 2 is 1.90 bits per heavy atom. The van der Waals surface area contributed by atoms with Gasteiger partial charge in [-0.3, -0.25) is 4.79 Å². The van der Waals surface area contributed by atoms with Crippen LogP contribution in [0.5, 0.6) is 0 Å². The first-order chi connectivity index (χ1) is 14.4. The molecule has 162 valence electrons. The Bertz CT molecular complexity index is 1080. The van der Waals surface area contributed by atoms with Crippen LogP contribution >= 0.6 is 0 Å². The van der Waals surface area contributed by atoms with E-state index in [1.165, 1.54) is 0 Å². The summed E-state index contributed by atoms with van der Waals surface area (Å²) in [4.78, 5) is 16.7. The molecule has 9 heteroatoms. The zero-order valence-electron chi connectivity index (χ0n) is 16.4. The summed E-state index contributed by atoms with van der Waals surface area (Å²) < 4.78 is 45.7. The van der Waals surface area contributed by atoms with Crippen LogP contribution in [-0.4, -0.2) is 38.6 Å². The highest BCUT2D eigenvalue weighted by atomic mass is 19.4. The van der Waals surface area contributed by atoms with Crippen molar-refractivity contribution in [1.29, 1.82) is 0 Å². The predicted octanol–water partition coefficient (Wildman–Crippen LogP) is 4.00. The first kappa shape index (κ1) is 20.9. The Labute approximate surface area is 170 Å². The van der Waals surface area contributed by atoms with E-state index < -0.39 is 12.6 Å². The largest absolute Gasteiger partial charge is 0.391 e. The lowest BCUT2D eigenvalue weighted by Gasteiger charge is -2.31. The molecule has 1 aliphatic rings. The molecular formula is C21H24F3N3O3. The normalized spacial score (nSPS) is 20.3. The van der Waals surface area contributed by atoms with E-state index >= 15 is 0 Å². The molecule has 1 aliphatic carbocycles. The summed E-state index contributed by atoms with van der Waals surface area (Å²) in [6, 6.07) is 3.59. The minimum Gasteiger partial charge on any atom is -0.381 e. The Morgan fingerprint density at radius 3 is 2.60 bits per heavy atom. The van der Waals surface area contributed by atoms with Crippen molar-refractivity contribution in [2.45, 2.75) is 51.1 Å². The van der Waals surface area contributed by atoms with Crippen LogP contribution in [0, 0.1) is 5.92 Å². The number of pyridine rings is 2. The Kier molecular flexibility index (Phi) is 5.84. The molecule has 1 saturated carbocycles. The number of ether oxygens (including phenoxy) is 1. The first-order valence-corrected chi connectivity index (χ1v) is 10.1. The van der Waals surface area contributed by atoms with Crippen molar-refractivity contribution in [3.63, 3.8) is 0 Å². The van der Waals surface area contributed by atoms with E-state index in [0.717, 1.165) is 36.6 Å². The number of aliphatic hydroxyl groups is 1. The topological polar surface area (TPSA) is 69.3 Å². The van der Waals surface area contributed by atoms with Gasteiger partial charge in [-0.15, -0.1) is 0 Å². The van der Waals surface area contributed by atoms with Gasteiger partial charge in [-0.25, -0.2) is 4.98 Å². The van der Waals surface area contributed by atoms with Gasteiger partial charge in [0.1, 0.15) is 12.4 Å². The van der Waals surface area contributed by atoms with Gasteiger partial charge < -0.3 is 19.0 Å². The molecule has 0 bridgehead atoms. The molecule has 6 nitrogen and oxygen atoms in total. The van der Waals surface area contributed by atoms with Crippen LogP contribution in [0.15, 0.2) is 35.5 Å². The number of halogens is 3. The van der Waals surface area contributed by atoms with Crippen LogP contribution < -0.4 is 5.43 Å². The quantitative estimate of drug-likeness (QED) is 0.609. The lowest BCUT2D eigenvalue weighted by atomic mass is 9.86. The van der Waals surface area contributed by atoms with E-state index in [1.54, 1.807) is 23.0 Å². The van der Waals surface area contributed by atoms with Crippen LogP contribution in [0.4, 0.5) is 13.2 Å². The van der Waals surface area contributed by atoms with Gasteiger partial charge in [-0.1, -0.05) is 0 Å². The molecule has 0 spiro atoms. The van der Waals surface area contributed by atoms with Gasteiger partial charge in [0, 0.05) is 42.7 Å². The Hall–Kier alpha value is -2.39. The molecule has 0 saturated heterocycles. The second-order valence-corrected chi connectivity index (χ2v) is 7.89. The van der Waals surface area contributed by atoms with E-state index in [2.05, 4.69) is 9.55 Å². The number of fused-ring (bicyclic) bond motifs is 3. The molecule has 3 aromatic rings. The lowest BCUT2D eigenvalue weighted by Crippen LogP contribution is -2.23. The van der Waals surface area contributed by atoms with Crippen molar-refractivity contribution in [2.75, 3.05) is 13.2 Å². The fourth-order valence-corrected chi connectivity index (χ4v) is 4.34. The van der Waals surface area contributed by atoms with Gasteiger partial charge in [0.2, 0.25) is 0 Å². The second kappa shape index (κ2) is 8.39. The summed E-state index contributed by atoms with van der Waals surface area (Å²) in [7, 11) is 0. The fraction of sp³-hybridized carbons (Fsp3) is 0.524. The third kappa shape index (κ3) is 4.22. The van der Waals surface area contributed by atoms with Crippen LogP contribution in [0.25, 0.3) is 21.9 Å². The zero-order valence-corrected chi connectivity index (χ0v) is 16.4. The molecule has 30 heavy (non-hydrogen) atoms. The summed E-state index contributed by atoms with van der Waals surface area (Å²) in [5.74, 6) is 0.247. The van der Waals surface area contributed by atoms with Crippen LogP contribution in [0.2, 0.25) is 0 Å². The van der Waals surface area contributed by atoms with Crippen molar-refractivity contribution in [3.05, 3.63) is 40.9 Å². The van der Waals surface area contributed by atoms with Crippen LogP contribution in [0.1, 0.15) is 38.1 Å². The van der Waals surface area contributed by atoms with Crippen LogP contribution in [-0.2, 0) is 11.5 Å². The second-order valence-electron chi connectivity index (χ2n) is 7.89. The minimum atomic E-state index is -4.18. The molecule has 0 radical (unpaired) electrons. The van der Waals surface area contributed by atoms with Crippen molar-refractivity contribution < 1.29 is 23.0 Å². The molecule has 0 amide bonds. The van der Waals surface area contributed by atoms with E-state index in [-0.39, 0.29) is 30.7 Å². The number of nitrogens with zero attached hydrogens (tertiary/aromatic N) is 3. The van der Waals surface area contributed by atoms with Gasteiger partial charge in [-0.05, 0) is 37.7 Å². The van der Waals surface area contributed by atoms with Gasteiger partial charge in [0.25, 0.3) is 0 Å². The molecular weight excluding hydrogens is 399 g/mol. The summed E-state index contributed by atoms with van der Waals surface area (Å²) in [5, 5.41) is 10.9. The maximum atomic E-state index is 12.4. The van der Waals surface area contributed by atoms with E-state index in [9.17, 15) is 23.1 Å². The summed E-state index contributed by atoms with van der Waals surface area (Å²) in [5.41, 5.74) is 1.33. The molecule has 0 atom stereocenters. The number of aromatic nitrogens is 3. The Balaban J connectivity index is 1.51. The predicted molar refractivity (Wildman–Crippen MR) is 106 cm³/mol. The van der Waals surface area contributed by atoms with E-state index in [0.29, 0.717) is 17.6 Å². The van der Waals surface area contributed by atoms with Gasteiger partial charge in [0.15, 0.2) is 5.43 Å². The molecule has 0 aromatic carbocycles. The average molecular weight is 423 g/mol. The average Bonchev–Trinajstić information content (AvgIpc) is 3.15. The molecule has 0 unspecified atom stereocenters. The highest BCUT2D eigenvalue weighted by Crippen LogP contribution is 2.35. The minimum absolute atomic E-state index is 0.0980. The van der Waals surface area contributed by atoms with Crippen molar-refractivity contribution in [1.82, 2.24) is 14.1 Å². The molecule has 1 fully saturated rings. The lowest BCUT2D eigenvalue weighted by molar-refractivity contribution is -0.146. The summed E-state index contributed by atoms with van der Waals surface area (Å²) in [6.07, 6.45) is 3.45. The number of rotatable bonds is 6. The summed E-state index contributed by atoms with van der Waals surface area (Å²) >= 11 is 0. The Morgan fingerprint density at radius 1 is 1.13 bits per heavy atom. The number of aliphatic hydroxyl groups excluding tert-OH is 1. The summed E-state index contributed by atoms with van der Waals surface area (Å²) in [6.45, 7) is -0.139. The maximum absolute atomic E-state index is 12.4. The van der Waals surface area contributed by atoms with Gasteiger partial charge in [0.05, 0.1) is 23.9 Å². The fourth-order valence-electron chi connectivity index (χ4n) is 4.34. The van der Waals surface area contributed by atoms with Crippen molar-refractivity contribution >= 4 is 21.9 Å². The van der Waals surface area contributed by atoms with Crippen molar-refractivity contribution in [3.8, 4) is 0 Å². The standard InChI is InChI=1S/C21H24F3N3O3/c22-21(23,24)7-10-30-12-14-1-3-15(4-2-14)27-9-6-18(29)17-11-25-20-16(19(17)27)5-8-26(20)13-28/h5-6,8-9,11,14-15,28H,1-4,7,10,12-13H2. The highest BCUT2D eigenvalue weighted by molar-refractivity contribution is 6.02. The van der Waals surface area contributed by atoms with Gasteiger partial charge >= 0.3 is 6.18 Å². The SMILES string of the molecule is O=c1ccn(C2CCC(COCCC(F)(F)F)CC2)c2c1cnc1c2ccn1CO. The molecule has 0 aliphatic heterocycles. The molecule has 4 rings (SSSR count). The number of hydrogen-bond donors (Lipinski definition) is 1. The highest BCUT2D eigenvalue weighted by Gasteiger charge is 2.28. The van der Waals surface area contributed by atoms with Crippen molar-refractivity contribution in [2.24, 2.45) is 5.92 Å². The third-order valence-electron chi connectivity index (χ3n) is 5.92. The van der Waals surface area contributed by atoms with Crippen LogP contribution in [0.3, 0.4) is 0 Å². The first-order valence-electron chi connectivity index (χ1n) is 10.1. The smallest absolute Gasteiger partial charge is 0.381 e. The monoisotopic (exact) mass is 423 g/mol. The van der Waals surface area contributed by atoms with Gasteiger partial charge in [-0.2, -0.15) is 13.2 Å². The maximum Gasteiger partial charge on any atom is 0.391 e. The van der Waals surface area contributed by atoms with E-state index in [1.807, 2.05) is 12.3 Å². The van der Waals surface area contributed by atoms with E-state index in [4.69, 9.17) is 4.74 Å². The molecule has 3 heterocycles. The zero-order chi connectivity index (χ0) is 21.3. The molecule has 3 aromatic heterocycles. The third-order valence-corrected chi connectivity index (χ3v) is 5.92. The number of alkyl halides is 3. The number of hydrogen-bond acceptors (Lipinski definition) is 4.